The predicted octanol–water partition coefficient (Wildman–Crippen LogP) is 4.67. The molecule has 0 aliphatic heterocycles. The molecule has 0 amide bonds. The first-order valence-electron chi connectivity index (χ1n) is 6.71. The van der Waals surface area contributed by atoms with Gasteiger partial charge in [0, 0.05) is 21.2 Å². The lowest BCUT2D eigenvalue weighted by molar-refractivity contribution is 1.40. The zero-order valence-corrected chi connectivity index (χ0v) is 12.3. The van der Waals surface area contributed by atoms with Crippen molar-refractivity contribution in [3.05, 3.63) is 72.8 Å². The number of nitrogen functional groups attached to an aromatic ring is 2. The smallest absolute Gasteiger partial charge is 0.0325 e. The molecule has 3 heteroatoms. The molecular formula is C18H16N2S. The summed E-state index contributed by atoms with van der Waals surface area (Å²) in [6.45, 7) is 0. The first-order valence-corrected chi connectivity index (χ1v) is 7.52. The van der Waals surface area contributed by atoms with Crippen LogP contribution >= 0.6 is 11.8 Å². The Morgan fingerprint density at radius 3 is 2.19 bits per heavy atom. The second-order valence-electron chi connectivity index (χ2n) is 4.80. The summed E-state index contributed by atoms with van der Waals surface area (Å²) in [5.41, 5.74) is 15.6. The van der Waals surface area contributed by atoms with E-state index in [0.717, 1.165) is 27.4 Å². The van der Waals surface area contributed by atoms with E-state index in [0.29, 0.717) is 0 Å². The summed E-state index contributed by atoms with van der Waals surface area (Å²) in [6.07, 6.45) is 0. The Kier molecular flexibility index (Phi) is 3.84. The maximum Gasteiger partial charge on any atom is 0.0325 e. The molecule has 0 saturated carbocycles. The van der Waals surface area contributed by atoms with Gasteiger partial charge in [-0.05, 0) is 47.5 Å². The molecule has 0 bridgehead atoms. The topological polar surface area (TPSA) is 52.0 Å². The minimum atomic E-state index is 0.764. The van der Waals surface area contributed by atoms with Gasteiger partial charge in [0.25, 0.3) is 0 Å². The van der Waals surface area contributed by atoms with Crippen molar-refractivity contribution in [1.29, 1.82) is 0 Å². The molecule has 4 N–H and O–H groups in total. The van der Waals surface area contributed by atoms with E-state index >= 15 is 0 Å². The molecule has 0 aromatic heterocycles. The van der Waals surface area contributed by atoms with Crippen LogP contribution < -0.4 is 11.5 Å². The molecular weight excluding hydrogens is 276 g/mol. The maximum absolute atomic E-state index is 5.95. The van der Waals surface area contributed by atoms with E-state index in [-0.39, 0.29) is 0 Å². The highest BCUT2D eigenvalue weighted by Gasteiger charge is 2.08. The summed E-state index contributed by atoms with van der Waals surface area (Å²) in [5.74, 6) is 0. The molecule has 2 nitrogen and oxygen atoms in total. The van der Waals surface area contributed by atoms with Crippen LogP contribution in [0.4, 0.5) is 11.4 Å². The molecule has 3 aromatic rings. The molecule has 0 heterocycles. The predicted molar refractivity (Wildman–Crippen MR) is 91.3 cm³/mol. The molecule has 104 valence electrons. The molecule has 0 aliphatic carbocycles. The normalized spacial score (nSPS) is 10.5. The molecule has 0 aliphatic rings. The fraction of sp³-hybridized carbons (Fsp3) is 0. The fourth-order valence-corrected chi connectivity index (χ4v) is 3.22. The second-order valence-corrected chi connectivity index (χ2v) is 5.91. The maximum atomic E-state index is 5.95. The molecule has 0 radical (unpaired) electrons. The molecule has 0 spiro atoms. The zero-order chi connectivity index (χ0) is 14.7. The standard InChI is InChI=1S/C18H16N2S/c19-14-6-4-5-13(11-14)17-10-9-15(20)12-18(17)21-16-7-2-1-3-8-16/h1-12H,19-20H2. The van der Waals surface area contributed by atoms with Crippen molar-refractivity contribution in [3.63, 3.8) is 0 Å². The second kappa shape index (κ2) is 5.94. The summed E-state index contributed by atoms with van der Waals surface area (Å²) >= 11 is 1.71. The van der Waals surface area contributed by atoms with Crippen LogP contribution in [0.2, 0.25) is 0 Å². The molecule has 0 saturated heterocycles. The van der Waals surface area contributed by atoms with Crippen LogP contribution in [0.1, 0.15) is 0 Å². The van der Waals surface area contributed by atoms with Gasteiger partial charge in [-0.15, -0.1) is 0 Å². The quantitative estimate of drug-likeness (QED) is 0.690. The van der Waals surface area contributed by atoms with Gasteiger partial charge >= 0.3 is 0 Å². The number of hydrogen-bond donors (Lipinski definition) is 2. The minimum absolute atomic E-state index is 0.764. The Morgan fingerprint density at radius 2 is 1.43 bits per heavy atom. The van der Waals surface area contributed by atoms with E-state index in [2.05, 4.69) is 24.3 Å². The minimum Gasteiger partial charge on any atom is -0.399 e. The summed E-state index contributed by atoms with van der Waals surface area (Å²) in [4.78, 5) is 2.32. The lowest BCUT2D eigenvalue weighted by Crippen LogP contribution is -1.90. The first kappa shape index (κ1) is 13.6. The van der Waals surface area contributed by atoms with E-state index in [1.54, 1.807) is 11.8 Å². The highest BCUT2D eigenvalue weighted by atomic mass is 32.2. The van der Waals surface area contributed by atoms with Crippen molar-refractivity contribution in [1.82, 2.24) is 0 Å². The van der Waals surface area contributed by atoms with Crippen LogP contribution in [0, 0.1) is 0 Å². The Morgan fingerprint density at radius 1 is 0.667 bits per heavy atom. The van der Waals surface area contributed by atoms with Gasteiger partial charge in [-0.25, -0.2) is 0 Å². The van der Waals surface area contributed by atoms with E-state index in [4.69, 9.17) is 11.5 Å². The van der Waals surface area contributed by atoms with Crippen molar-refractivity contribution < 1.29 is 0 Å². The van der Waals surface area contributed by atoms with Crippen molar-refractivity contribution >= 4 is 23.1 Å². The molecule has 3 rings (SSSR count). The molecule has 3 aromatic carbocycles. The van der Waals surface area contributed by atoms with Crippen LogP contribution in [0.5, 0.6) is 0 Å². The lowest BCUT2D eigenvalue weighted by Gasteiger charge is -2.11. The van der Waals surface area contributed by atoms with Crippen molar-refractivity contribution in [2.75, 3.05) is 11.5 Å². The molecule has 21 heavy (non-hydrogen) atoms. The molecule has 0 unspecified atom stereocenters. The number of benzene rings is 3. The Hall–Kier alpha value is -2.39. The van der Waals surface area contributed by atoms with E-state index < -0.39 is 0 Å². The van der Waals surface area contributed by atoms with Gasteiger partial charge in [0.2, 0.25) is 0 Å². The Labute approximate surface area is 128 Å². The average molecular weight is 292 g/mol. The highest BCUT2D eigenvalue weighted by Crippen LogP contribution is 2.37. The van der Waals surface area contributed by atoms with Crippen LogP contribution in [0.25, 0.3) is 11.1 Å². The third-order valence-corrected chi connectivity index (χ3v) is 4.24. The van der Waals surface area contributed by atoms with Gasteiger partial charge in [0.1, 0.15) is 0 Å². The average Bonchev–Trinajstić information content (AvgIpc) is 2.48. The zero-order valence-electron chi connectivity index (χ0n) is 11.5. The lowest BCUT2D eigenvalue weighted by atomic mass is 10.0. The summed E-state index contributed by atoms with van der Waals surface area (Å²) in [6, 6.07) is 24.2. The van der Waals surface area contributed by atoms with Crippen LogP contribution in [-0.4, -0.2) is 0 Å². The van der Waals surface area contributed by atoms with E-state index in [1.165, 1.54) is 4.90 Å². The van der Waals surface area contributed by atoms with Gasteiger partial charge < -0.3 is 11.5 Å². The summed E-state index contributed by atoms with van der Waals surface area (Å²) in [5, 5.41) is 0. The van der Waals surface area contributed by atoms with Crippen molar-refractivity contribution in [2.24, 2.45) is 0 Å². The van der Waals surface area contributed by atoms with Crippen molar-refractivity contribution in [2.45, 2.75) is 9.79 Å². The first-order chi connectivity index (χ1) is 10.2. The van der Waals surface area contributed by atoms with E-state index in [1.807, 2.05) is 48.5 Å². The van der Waals surface area contributed by atoms with Gasteiger partial charge in [-0.1, -0.05) is 48.2 Å². The van der Waals surface area contributed by atoms with Gasteiger partial charge in [0.15, 0.2) is 0 Å². The Balaban J connectivity index is 2.05. The largest absolute Gasteiger partial charge is 0.399 e. The number of rotatable bonds is 3. The van der Waals surface area contributed by atoms with Gasteiger partial charge in [-0.3, -0.25) is 0 Å². The number of hydrogen-bond acceptors (Lipinski definition) is 3. The summed E-state index contributed by atoms with van der Waals surface area (Å²) in [7, 11) is 0. The van der Waals surface area contributed by atoms with Crippen LogP contribution in [-0.2, 0) is 0 Å². The summed E-state index contributed by atoms with van der Waals surface area (Å²) < 4.78 is 0. The number of nitrogens with two attached hydrogens (primary N) is 2. The van der Waals surface area contributed by atoms with E-state index in [9.17, 15) is 0 Å². The molecule has 0 fully saturated rings. The SMILES string of the molecule is Nc1cccc(-c2ccc(N)cc2Sc2ccccc2)c1. The third-order valence-electron chi connectivity index (χ3n) is 3.17. The monoisotopic (exact) mass is 292 g/mol. The van der Waals surface area contributed by atoms with Crippen molar-refractivity contribution in [3.8, 4) is 11.1 Å². The van der Waals surface area contributed by atoms with Gasteiger partial charge in [-0.2, -0.15) is 0 Å². The third kappa shape index (κ3) is 3.20. The highest BCUT2D eigenvalue weighted by molar-refractivity contribution is 7.99. The van der Waals surface area contributed by atoms with Gasteiger partial charge in [0.05, 0.1) is 0 Å². The molecule has 0 atom stereocenters. The van der Waals surface area contributed by atoms with Crippen LogP contribution in [0.15, 0.2) is 82.6 Å². The fourth-order valence-electron chi connectivity index (χ4n) is 2.18. The van der Waals surface area contributed by atoms with Crippen LogP contribution in [0.3, 0.4) is 0 Å². The number of anilines is 2. The Bertz CT molecular complexity index is 754.